The van der Waals surface area contributed by atoms with Gasteiger partial charge in [-0.05, 0) is 18.9 Å². The van der Waals surface area contributed by atoms with Gasteiger partial charge in [0, 0.05) is 12.2 Å². The van der Waals surface area contributed by atoms with Crippen molar-refractivity contribution < 1.29 is 13.5 Å². The smallest absolute Gasteiger partial charge is 0.163 e. The van der Waals surface area contributed by atoms with E-state index in [0.29, 0.717) is 6.61 Å². The molecule has 5 heteroatoms. The first-order valence-electron chi connectivity index (χ1n) is 5.25. The molecular formula is C11H14F2N2O. The molecule has 0 amide bonds. The number of hydrazine groups is 1. The molecule has 0 saturated carbocycles. The van der Waals surface area contributed by atoms with Gasteiger partial charge >= 0.3 is 0 Å². The van der Waals surface area contributed by atoms with Gasteiger partial charge in [-0.3, -0.25) is 11.3 Å². The molecule has 0 bridgehead atoms. The summed E-state index contributed by atoms with van der Waals surface area (Å²) < 4.78 is 32.1. The summed E-state index contributed by atoms with van der Waals surface area (Å²) in [4.78, 5) is 0. The Bertz CT molecular complexity index is 367. The van der Waals surface area contributed by atoms with E-state index in [2.05, 4.69) is 5.43 Å². The summed E-state index contributed by atoms with van der Waals surface area (Å²) in [6.45, 7) is 0.639. The monoisotopic (exact) mass is 228 g/mol. The largest absolute Gasteiger partial charge is 0.376 e. The van der Waals surface area contributed by atoms with Crippen molar-refractivity contribution in [2.24, 2.45) is 5.84 Å². The van der Waals surface area contributed by atoms with E-state index in [9.17, 15) is 8.78 Å². The number of halogens is 2. The van der Waals surface area contributed by atoms with Crippen LogP contribution in [-0.2, 0) is 4.74 Å². The fourth-order valence-electron chi connectivity index (χ4n) is 2.02. The van der Waals surface area contributed by atoms with Crippen LogP contribution >= 0.6 is 0 Å². The Kier molecular flexibility index (Phi) is 3.48. The van der Waals surface area contributed by atoms with Crippen molar-refractivity contribution in [3.63, 3.8) is 0 Å². The molecule has 16 heavy (non-hydrogen) atoms. The molecule has 0 spiro atoms. The van der Waals surface area contributed by atoms with Crippen LogP contribution in [0.3, 0.4) is 0 Å². The molecule has 88 valence electrons. The standard InChI is InChI=1S/C11H14F2N2O/c12-8-4-1-3-7(10(8)13)11(15-14)9-5-2-6-16-9/h1,3-4,9,11,15H,2,5-6,14H2. The maximum Gasteiger partial charge on any atom is 0.163 e. The van der Waals surface area contributed by atoms with Gasteiger partial charge in [0.25, 0.3) is 0 Å². The molecule has 1 aliphatic heterocycles. The van der Waals surface area contributed by atoms with Crippen molar-refractivity contribution >= 4 is 0 Å². The van der Waals surface area contributed by atoms with Crippen LogP contribution in [0.2, 0.25) is 0 Å². The van der Waals surface area contributed by atoms with Crippen LogP contribution in [0.1, 0.15) is 24.4 Å². The molecule has 3 nitrogen and oxygen atoms in total. The van der Waals surface area contributed by atoms with Gasteiger partial charge in [0.15, 0.2) is 11.6 Å². The topological polar surface area (TPSA) is 47.3 Å². The highest BCUT2D eigenvalue weighted by molar-refractivity contribution is 5.23. The molecule has 0 radical (unpaired) electrons. The Hall–Kier alpha value is -1.04. The second-order valence-electron chi connectivity index (χ2n) is 3.84. The zero-order chi connectivity index (χ0) is 11.5. The Morgan fingerprint density at radius 2 is 2.25 bits per heavy atom. The summed E-state index contributed by atoms with van der Waals surface area (Å²) in [6.07, 6.45) is 1.52. The van der Waals surface area contributed by atoms with Gasteiger partial charge in [-0.25, -0.2) is 8.78 Å². The average Bonchev–Trinajstić information content (AvgIpc) is 2.79. The molecule has 3 N–H and O–H groups in total. The van der Waals surface area contributed by atoms with Crippen LogP contribution in [0.5, 0.6) is 0 Å². The van der Waals surface area contributed by atoms with E-state index in [1.165, 1.54) is 12.1 Å². The van der Waals surface area contributed by atoms with E-state index in [-0.39, 0.29) is 11.7 Å². The van der Waals surface area contributed by atoms with Gasteiger partial charge in [-0.2, -0.15) is 0 Å². The number of nitrogens with one attached hydrogen (secondary N) is 1. The number of hydrogen-bond acceptors (Lipinski definition) is 3. The lowest BCUT2D eigenvalue weighted by molar-refractivity contribution is 0.0770. The van der Waals surface area contributed by atoms with E-state index in [0.717, 1.165) is 18.9 Å². The summed E-state index contributed by atoms with van der Waals surface area (Å²) in [5, 5.41) is 0. The van der Waals surface area contributed by atoms with Crippen molar-refractivity contribution in [1.29, 1.82) is 0 Å². The molecular weight excluding hydrogens is 214 g/mol. The first-order valence-corrected chi connectivity index (χ1v) is 5.25. The molecule has 2 atom stereocenters. The predicted molar refractivity (Wildman–Crippen MR) is 55.4 cm³/mol. The number of benzene rings is 1. The normalized spacial score (nSPS) is 22.3. The highest BCUT2D eigenvalue weighted by Gasteiger charge is 2.29. The number of hydrogen-bond donors (Lipinski definition) is 2. The maximum atomic E-state index is 13.6. The molecule has 0 aliphatic carbocycles. The van der Waals surface area contributed by atoms with Crippen LogP contribution in [0, 0.1) is 11.6 Å². The summed E-state index contributed by atoms with van der Waals surface area (Å²) in [5.74, 6) is 3.66. The van der Waals surface area contributed by atoms with Crippen molar-refractivity contribution in [1.82, 2.24) is 5.43 Å². The quantitative estimate of drug-likeness (QED) is 0.611. The first kappa shape index (κ1) is 11.4. The van der Waals surface area contributed by atoms with E-state index < -0.39 is 17.7 Å². The minimum absolute atomic E-state index is 0.193. The fourth-order valence-corrected chi connectivity index (χ4v) is 2.02. The lowest BCUT2D eigenvalue weighted by Crippen LogP contribution is -2.37. The van der Waals surface area contributed by atoms with E-state index >= 15 is 0 Å². The number of ether oxygens (including phenoxy) is 1. The Balaban J connectivity index is 2.28. The molecule has 1 aliphatic rings. The lowest BCUT2D eigenvalue weighted by Gasteiger charge is -2.22. The second-order valence-corrected chi connectivity index (χ2v) is 3.84. The molecule has 2 rings (SSSR count). The molecule has 2 unspecified atom stereocenters. The lowest BCUT2D eigenvalue weighted by atomic mass is 9.99. The minimum atomic E-state index is -0.865. The number of nitrogens with two attached hydrogens (primary N) is 1. The first-order chi connectivity index (χ1) is 7.74. The zero-order valence-corrected chi connectivity index (χ0v) is 8.75. The molecule has 1 aromatic rings. The summed E-state index contributed by atoms with van der Waals surface area (Å²) in [7, 11) is 0. The third kappa shape index (κ3) is 2.07. The van der Waals surface area contributed by atoms with Crippen molar-refractivity contribution in [2.75, 3.05) is 6.61 Å². The highest BCUT2D eigenvalue weighted by Crippen LogP contribution is 2.28. The zero-order valence-electron chi connectivity index (χ0n) is 8.75. The SMILES string of the molecule is NNC(c1cccc(F)c1F)C1CCCO1. The highest BCUT2D eigenvalue weighted by atomic mass is 19.2. The van der Waals surface area contributed by atoms with Gasteiger partial charge in [0.1, 0.15) is 0 Å². The van der Waals surface area contributed by atoms with E-state index in [1.54, 1.807) is 0 Å². The third-order valence-electron chi connectivity index (χ3n) is 2.83. The van der Waals surface area contributed by atoms with E-state index in [4.69, 9.17) is 10.6 Å². The van der Waals surface area contributed by atoms with Crippen LogP contribution in [-0.4, -0.2) is 12.7 Å². The Labute approximate surface area is 92.6 Å². The molecule has 1 fully saturated rings. The van der Waals surface area contributed by atoms with Crippen LogP contribution in [0.4, 0.5) is 8.78 Å². The number of rotatable bonds is 3. The summed E-state index contributed by atoms with van der Waals surface area (Å²) in [6, 6.07) is 3.57. The summed E-state index contributed by atoms with van der Waals surface area (Å²) >= 11 is 0. The van der Waals surface area contributed by atoms with Gasteiger partial charge in [0.05, 0.1) is 12.1 Å². The minimum Gasteiger partial charge on any atom is -0.376 e. The summed E-state index contributed by atoms with van der Waals surface area (Å²) in [5.41, 5.74) is 2.71. The van der Waals surface area contributed by atoms with Crippen LogP contribution in [0.15, 0.2) is 18.2 Å². The maximum absolute atomic E-state index is 13.6. The van der Waals surface area contributed by atoms with Crippen LogP contribution in [0.25, 0.3) is 0 Å². The van der Waals surface area contributed by atoms with Gasteiger partial charge in [-0.1, -0.05) is 12.1 Å². The molecule has 1 saturated heterocycles. The fraction of sp³-hybridized carbons (Fsp3) is 0.455. The van der Waals surface area contributed by atoms with Gasteiger partial charge < -0.3 is 4.74 Å². The molecule has 1 heterocycles. The average molecular weight is 228 g/mol. The second kappa shape index (κ2) is 4.86. The predicted octanol–water partition coefficient (Wildman–Crippen LogP) is 1.65. The van der Waals surface area contributed by atoms with Gasteiger partial charge in [0.2, 0.25) is 0 Å². The third-order valence-corrected chi connectivity index (χ3v) is 2.83. The molecule has 1 aromatic carbocycles. The van der Waals surface area contributed by atoms with Crippen molar-refractivity contribution in [2.45, 2.75) is 25.0 Å². The molecule has 0 aromatic heterocycles. The van der Waals surface area contributed by atoms with E-state index in [1.807, 2.05) is 0 Å². The Morgan fingerprint density at radius 3 is 2.88 bits per heavy atom. The van der Waals surface area contributed by atoms with Crippen molar-refractivity contribution in [3.8, 4) is 0 Å². The van der Waals surface area contributed by atoms with Gasteiger partial charge in [-0.15, -0.1) is 0 Å². The van der Waals surface area contributed by atoms with Crippen molar-refractivity contribution in [3.05, 3.63) is 35.4 Å². The van der Waals surface area contributed by atoms with Crippen LogP contribution < -0.4 is 11.3 Å². The Morgan fingerprint density at radius 1 is 1.44 bits per heavy atom.